The van der Waals surface area contributed by atoms with Gasteiger partial charge < -0.3 is 14.5 Å². The van der Waals surface area contributed by atoms with Crippen LogP contribution in [0.4, 0.5) is 0 Å². The van der Waals surface area contributed by atoms with Crippen LogP contribution in [0.2, 0.25) is 0 Å². The Morgan fingerprint density at radius 1 is 1.27 bits per heavy atom. The molecule has 120 valence electrons. The van der Waals surface area contributed by atoms with Gasteiger partial charge in [-0.25, -0.2) is 0 Å². The van der Waals surface area contributed by atoms with Gasteiger partial charge in [0.1, 0.15) is 6.10 Å². The summed E-state index contributed by atoms with van der Waals surface area (Å²) in [6, 6.07) is 2.47. The lowest BCUT2D eigenvalue weighted by Crippen LogP contribution is -2.47. The van der Waals surface area contributed by atoms with E-state index in [1.165, 1.54) is 18.4 Å². The first-order valence-electron chi connectivity index (χ1n) is 8.48. The molecule has 1 amide bonds. The van der Waals surface area contributed by atoms with Crippen molar-refractivity contribution in [3.8, 4) is 0 Å². The Morgan fingerprint density at radius 2 is 2.18 bits per heavy atom. The van der Waals surface area contributed by atoms with Crippen molar-refractivity contribution in [3.05, 3.63) is 24.2 Å². The van der Waals surface area contributed by atoms with Crippen LogP contribution < -0.4 is 5.32 Å². The lowest BCUT2D eigenvalue weighted by atomic mass is 9.98. The van der Waals surface area contributed by atoms with Gasteiger partial charge in [-0.2, -0.15) is 0 Å². The van der Waals surface area contributed by atoms with Crippen molar-refractivity contribution < 1.29 is 13.9 Å². The molecule has 0 spiro atoms. The number of carbonyl (C=O) groups is 1. The van der Waals surface area contributed by atoms with Gasteiger partial charge in [0.2, 0.25) is 5.91 Å². The van der Waals surface area contributed by atoms with Crippen molar-refractivity contribution in [1.82, 2.24) is 10.2 Å². The summed E-state index contributed by atoms with van der Waals surface area (Å²) in [4.78, 5) is 14.7. The maximum atomic E-state index is 12.2. The highest BCUT2D eigenvalue weighted by atomic mass is 16.5. The third kappa shape index (κ3) is 3.06. The lowest BCUT2D eigenvalue weighted by molar-refractivity contribution is -0.144. The molecule has 0 aromatic carbocycles. The van der Waals surface area contributed by atoms with Crippen LogP contribution in [-0.2, 0) is 16.1 Å². The van der Waals surface area contributed by atoms with Crippen LogP contribution in [0.25, 0.3) is 0 Å². The van der Waals surface area contributed by atoms with Crippen LogP contribution in [-0.4, -0.2) is 42.1 Å². The molecule has 1 aromatic heterocycles. The SMILES string of the molecule is O=C(NCC1CC1)[C@H]1CC[C@@H]2[C@@H](CCN2Cc2ccoc2)O1. The Labute approximate surface area is 131 Å². The highest BCUT2D eigenvalue weighted by molar-refractivity contribution is 5.80. The van der Waals surface area contributed by atoms with Gasteiger partial charge in [-0.05, 0) is 44.1 Å². The van der Waals surface area contributed by atoms with E-state index in [0.29, 0.717) is 6.04 Å². The number of fused-ring (bicyclic) bond motifs is 1. The van der Waals surface area contributed by atoms with E-state index < -0.39 is 0 Å². The van der Waals surface area contributed by atoms with Crippen molar-refractivity contribution in [2.24, 2.45) is 5.92 Å². The molecule has 2 saturated heterocycles. The van der Waals surface area contributed by atoms with Crippen molar-refractivity contribution in [2.45, 2.75) is 56.9 Å². The first-order valence-corrected chi connectivity index (χ1v) is 8.48. The van der Waals surface area contributed by atoms with Gasteiger partial charge >= 0.3 is 0 Å². The van der Waals surface area contributed by atoms with E-state index in [9.17, 15) is 4.79 Å². The summed E-state index contributed by atoms with van der Waals surface area (Å²) in [6.07, 6.45) is 8.93. The molecule has 1 saturated carbocycles. The number of nitrogens with zero attached hydrogens (tertiary/aromatic N) is 1. The quantitative estimate of drug-likeness (QED) is 0.903. The first-order chi connectivity index (χ1) is 10.8. The number of hydrogen-bond acceptors (Lipinski definition) is 4. The number of carbonyl (C=O) groups excluding carboxylic acids is 1. The van der Waals surface area contributed by atoms with Crippen LogP contribution in [0.1, 0.15) is 37.7 Å². The van der Waals surface area contributed by atoms with Gasteiger partial charge in [-0.1, -0.05) is 0 Å². The molecule has 3 atom stereocenters. The molecule has 3 aliphatic rings. The monoisotopic (exact) mass is 304 g/mol. The van der Waals surface area contributed by atoms with Gasteiger partial charge in [-0.15, -0.1) is 0 Å². The molecule has 5 heteroatoms. The highest BCUT2D eigenvalue weighted by Crippen LogP contribution is 2.33. The molecule has 1 aliphatic carbocycles. The van der Waals surface area contributed by atoms with E-state index in [1.54, 1.807) is 6.26 Å². The van der Waals surface area contributed by atoms with Crippen LogP contribution in [0.5, 0.6) is 0 Å². The van der Waals surface area contributed by atoms with Crippen molar-refractivity contribution in [3.63, 3.8) is 0 Å². The van der Waals surface area contributed by atoms with Gasteiger partial charge in [0.25, 0.3) is 0 Å². The van der Waals surface area contributed by atoms with Crippen LogP contribution in [0, 0.1) is 5.92 Å². The Bertz CT molecular complexity index is 512. The second-order valence-electron chi connectivity index (χ2n) is 6.89. The van der Waals surface area contributed by atoms with Crippen molar-refractivity contribution >= 4 is 5.91 Å². The van der Waals surface area contributed by atoms with Crippen LogP contribution >= 0.6 is 0 Å². The zero-order valence-electron chi connectivity index (χ0n) is 12.9. The number of hydrogen-bond donors (Lipinski definition) is 1. The maximum absolute atomic E-state index is 12.2. The topological polar surface area (TPSA) is 54.7 Å². The summed E-state index contributed by atoms with van der Waals surface area (Å²) < 4.78 is 11.2. The molecule has 4 rings (SSSR count). The van der Waals surface area contributed by atoms with E-state index in [1.807, 2.05) is 12.3 Å². The molecule has 22 heavy (non-hydrogen) atoms. The number of amides is 1. The maximum Gasteiger partial charge on any atom is 0.249 e. The average molecular weight is 304 g/mol. The Hall–Kier alpha value is -1.33. The minimum absolute atomic E-state index is 0.0960. The zero-order chi connectivity index (χ0) is 14.9. The second-order valence-corrected chi connectivity index (χ2v) is 6.89. The molecule has 1 aromatic rings. The number of ether oxygens (including phenoxy) is 1. The summed E-state index contributed by atoms with van der Waals surface area (Å²) in [6.45, 7) is 2.79. The molecule has 2 aliphatic heterocycles. The van der Waals surface area contributed by atoms with Gasteiger partial charge in [0, 0.05) is 31.2 Å². The summed E-state index contributed by atoms with van der Waals surface area (Å²) in [5.41, 5.74) is 1.21. The van der Waals surface area contributed by atoms with Crippen LogP contribution in [0.15, 0.2) is 23.0 Å². The standard InChI is InChI=1S/C17H24N2O3/c20-17(18-9-12-1-2-12)16-4-3-14-15(22-16)5-7-19(14)10-13-6-8-21-11-13/h6,8,11-12,14-16H,1-5,7,9-10H2,(H,18,20)/t14-,15-,16-/m1/s1. The fourth-order valence-electron chi connectivity index (χ4n) is 3.70. The van der Waals surface area contributed by atoms with Crippen molar-refractivity contribution in [1.29, 1.82) is 0 Å². The molecule has 3 fully saturated rings. The fraction of sp³-hybridized carbons (Fsp3) is 0.706. The third-order valence-electron chi connectivity index (χ3n) is 5.18. The number of furan rings is 1. The molecule has 0 bridgehead atoms. The van der Waals surface area contributed by atoms with Gasteiger partial charge in [-0.3, -0.25) is 9.69 Å². The predicted molar refractivity (Wildman–Crippen MR) is 81.2 cm³/mol. The zero-order valence-corrected chi connectivity index (χ0v) is 12.9. The molecular formula is C17H24N2O3. The van der Waals surface area contributed by atoms with E-state index in [0.717, 1.165) is 44.8 Å². The molecule has 0 unspecified atom stereocenters. The molecule has 1 N–H and O–H groups in total. The molecule has 3 heterocycles. The fourth-order valence-corrected chi connectivity index (χ4v) is 3.70. The third-order valence-corrected chi connectivity index (χ3v) is 5.18. The smallest absolute Gasteiger partial charge is 0.249 e. The largest absolute Gasteiger partial charge is 0.472 e. The summed E-state index contributed by atoms with van der Waals surface area (Å²) in [5, 5.41) is 3.05. The first kappa shape index (κ1) is 14.3. The summed E-state index contributed by atoms with van der Waals surface area (Å²) in [5.74, 6) is 0.816. The molecule has 5 nitrogen and oxygen atoms in total. The molecule has 0 radical (unpaired) electrons. The molecular weight excluding hydrogens is 280 g/mol. The van der Waals surface area contributed by atoms with E-state index >= 15 is 0 Å². The number of likely N-dealkylation sites (tertiary alicyclic amines) is 1. The van der Waals surface area contributed by atoms with E-state index in [-0.39, 0.29) is 18.1 Å². The van der Waals surface area contributed by atoms with E-state index in [4.69, 9.17) is 9.15 Å². The Morgan fingerprint density at radius 3 is 2.95 bits per heavy atom. The van der Waals surface area contributed by atoms with Gasteiger partial charge in [0.15, 0.2) is 0 Å². The Kier molecular flexibility index (Phi) is 3.92. The number of rotatable bonds is 5. The highest BCUT2D eigenvalue weighted by Gasteiger charge is 2.41. The van der Waals surface area contributed by atoms with Gasteiger partial charge in [0.05, 0.1) is 18.6 Å². The van der Waals surface area contributed by atoms with Crippen molar-refractivity contribution in [2.75, 3.05) is 13.1 Å². The normalized spacial score (nSPS) is 31.9. The number of nitrogens with one attached hydrogen (secondary N) is 1. The second kappa shape index (κ2) is 6.05. The summed E-state index contributed by atoms with van der Waals surface area (Å²) in [7, 11) is 0. The minimum Gasteiger partial charge on any atom is -0.472 e. The predicted octanol–water partition coefficient (Wildman–Crippen LogP) is 1.93. The van der Waals surface area contributed by atoms with E-state index in [2.05, 4.69) is 10.2 Å². The Balaban J connectivity index is 1.30. The summed E-state index contributed by atoms with van der Waals surface area (Å²) >= 11 is 0. The van der Waals surface area contributed by atoms with Crippen LogP contribution in [0.3, 0.4) is 0 Å². The average Bonchev–Trinajstić information content (AvgIpc) is 3.07. The minimum atomic E-state index is -0.242. The lowest BCUT2D eigenvalue weighted by Gasteiger charge is -2.35.